The summed E-state index contributed by atoms with van der Waals surface area (Å²) in [6, 6.07) is 6.94. The summed E-state index contributed by atoms with van der Waals surface area (Å²) in [7, 11) is 0. The minimum atomic E-state index is -0.527. The third kappa shape index (κ3) is 2.74. The molecule has 0 aliphatic rings. The quantitative estimate of drug-likeness (QED) is 0.747. The molecule has 1 atom stereocenters. The van der Waals surface area contributed by atoms with Crippen LogP contribution < -0.4 is 0 Å². The number of para-hydroxylation sites is 1. The van der Waals surface area contributed by atoms with Crippen molar-refractivity contribution in [3.63, 3.8) is 0 Å². The summed E-state index contributed by atoms with van der Waals surface area (Å²) in [6.07, 6.45) is 2.23. The summed E-state index contributed by atoms with van der Waals surface area (Å²) >= 11 is 0. The molecular formula is C11H16O2. The van der Waals surface area contributed by atoms with Crippen LogP contribution in [0.2, 0.25) is 0 Å². The molecule has 0 saturated heterocycles. The zero-order valence-electron chi connectivity index (χ0n) is 7.90. The van der Waals surface area contributed by atoms with Gasteiger partial charge in [0.1, 0.15) is 5.75 Å². The van der Waals surface area contributed by atoms with E-state index >= 15 is 0 Å². The van der Waals surface area contributed by atoms with Gasteiger partial charge in [0, 0.05) is 5.56 Å². The number of rotatable bonds is 4. The normalized spacial score (nSPS) is 12.8. The Bertz CT molecular complexity index is 258. The second-order valence-electron chi connectivity index (χ2n) is 3.22. The van der Waals surface area contributed by atoms with Gasteiger partial charge in [0.2, 0.25) is 0 Å². The average molecular weight is 180 g/mol. The first-order chi connectivity index (χ1) is 6.25. The van der Waals surface area contributed by atoms with Crippen LogP contribution in [0.1, 0.15) is 37.9 Å². The van der Waals surface area contributed by atoms with E-state index in [0.717, 1.165) is 12.8 Å². The molecule has 0 fully saturated rings. The molecule has 1 rings (SSSR count). The summed E-state index contributed by atoms with van der Waals surface area (Å²) in [5, 5.41) is 19.1. The monoisotopic (exact) mass is 180 g/mol. The molecule has 1 aromatic rings. The minimum Gasteiger partial charge on any atom is -0.508 e. The van der Waals surface area contributed by atoms with E-state index in [1.165, 1.54) is 0 Å². The molecule has 0 heterocycles. The van der Waals surface area contributed by atoms with Crippen molar-refractivity contribution in [2.45, 2.75) is 32.3 Å². The number of phenolic OH excluding ortho intramolecular Hbond substituents is 1. The van der Waals surface area contributed by atoms with Gasteiger partial charge in [-0.05, 0) is 12.5 Å². The van der Waals surface area contributed by atoms with E-state index in [9.17, 15) is 10.2 Å². The van der Waals surface area contributed by atoms with E-state index in [0.29, 0.717) is 12.0 Å². The molecule has 72 valence electrons. The van der Waals surface area contributed by atoms with Crippen LogP contribution in [0.5, 0.6) is 5.75 Å². The van der Waals surface area contributed by atoms with Crippen LogP contribution in [0.4, 0.5) is 0 Å². The standard InChI is InChI=1S/C11H16O2/c1-2-3-7-10(12)9-6-4-5-8-11(9)13/h4-6,8,10,12-13H,2-3,7H2,1H3. The maximum atomic E-state index is 9.67. The number of aliphatic hydroxyl groups is 1. The van der Waals surface area contributed by atoms with Crippen LogP contribution >= 0.6 is 0 Å². The van der Waals surface area contributed by atoms with Crippen molar-refractivity contribution in [2.24, 2.45) is 0 Å². The summed E-state index contributed by atoms with van der Waals surface area (Å²) < 4.78 is 0. The first-order valence-corrected chi connectivity index (χ1v) is 4.71. The van der Waals surface area contributed by atoms with Gasteiger partial charge in [0.25, 0.3) is 0 Å². The number of hydrogen-bond acceptors (Lipinski definition) is 2. The van der Waals surface area contributed by atoms with E-state index < -0.39 is 6.10 Å². The second kappa shape index (κ2) is 4.87. The number of benzene rings is 1. The van der Waals surface area contributed by atoms with E-state index in [4.69, 9.17) is 0 Å². The van der Waals surface area contributed by atoms with Gasteiger partial charge < -0.3 is 10.2 Å². The Kier molecular flexibility index (Phi) is 3.77. The van der Waals surface area contributed by atoms with Gasteiger partial charge >= 0.3 is 0 Å². The molecule has 2 heteroatoms. The first-order valence-electron chi connectivity index (χ1n) is 4.71. The number of aliphatic hydroxyl groups excluding tert-OH is 1. The zero-order chi connectivity index (χ0) is 9.68. The third-order valence-corrected chi connectivity index (χ3v) is 2.13. The van der Waals surface area contributed by atoms with Gasteiger partial charge in [-0.1, -0.05) is 38.0 Å². The number of unbranched alkanes of at least 4 members (excludes halogenated alkanes) is 1. The average Bonchev–Trinajstić information content (AvgIpc) is 2.15. The highest BCUT2D eigenvalue weighted by molar-refractivity contribution is 5.33. The highest BCUT2D eigenvalue weighted by Gasteiger charge is 2.09. The summed E-state index contributed by atoms with van der Waals surface area (Å²) in [5.41, 5.74) is 0.635. The molecule has 0 amide bonds. The summed E-state index contributed by atoms with van der Waals surface area (Å²) in [5.74, 6) is 0.186. The fourth-order valence-electron chi connectivity index (χ4n) is 1.32. The lowest BCUT2D eigenvalue weighted by molar-refractivity contribution is 0.160. The lowest BCUT2D eigenvalue weighted by Gasteiger charge is -2.11. The van der Waals surface area contributed by atoms with Crippen molar-refractivity contribution in [2.75, 3.05) is 0 Å². The number of aromatic hydroxyl groups is 1. The number of hydrogen-bond donors (Lipinski definition) is 2. The van der Waals surface area contributed by atoms with Gasteiger partial charge in [0.15, 0.2) is 0 Å². The Morgan fingerprint density at radius 3 is 2.62 bits per heavy atom. The fraction of sp³-hybridized carbons (Fsp3) is 0.455. The fourth-order valence-corrected chi connectivity index (χ4v) is 1.32. The molecule has 2 nitrogen and oxygen atoms in total. The Labute approximate surface area is 78.8 Å². The molecule has 0 saturated carbocycles. The van der Waals surface area contributed by atoms with Gasteiger partial charge in [-0.15, -0.1) is 0 Å². The molecule has 13 heavy (non-hydrogen) atoms. The molecule has 1 unspecified atom stereocenters. The minimum absolute atomic E-state index is 0.186. The molecule has 0 bridgehead atoms. The van der Waals surface area contributed by atoms with Crippen molar-refractivity contribution in [3.8, 4) is 5.75 Å². The molecule has 1 aromatic carbocycles. The lowest BCUT2D eigenvalue weighted by atomic mass is 10.0. The highest BCUT2D eigenvalue weighted by Crippen LogP contribution is 2.26. The molecule has 0 aliphatic heterocycles. The van der Waals surface area contributed by atoms with Crippen LogP contribution in [0.15, 0.2) is 24.3 Å². The SMILES string of the molecule is CCCCC(O)c1ccccc1O. The van der Waals surface area contributed by atoms with E-state index in [1.54, 1.807) is 18.2 Å². The topological polar surface area (TPSA) is 40.5 Å². The van der Waals surface area contributed by atoms with Gasteiger partial charge in [-0.25, -0.2) is 0 Å². The first kappa shape index (κ1) is 10.1. The molecule has 0 radical (unpaired) electrons. The molecule has 0 aliphatic carbocycles. The van der Waals surface area contributed by atoms with E-state index in [-0.39, 0.29) is 5.75 Å². The number of phenols is 1. The van der Waals surface area contributed by atoms with E-state index in [2.05, 4.69) is 6.92 Å². The van der Waals surface area contributed by atoms with Crippen molar-refractivity contribution < 1.29 is 10.2 Å². The second-order valence-corrected chi connectivity index (χ2v) is 3.22. The maximum Gasteiger partial charge on any atom is 0.121 e. The van der Waals surface area contributed by atoms with Gasteiger partial charge in [0.05, 0.1) is 6.10 Å². The summed E-state index contributed by atoms with van der Waals surface area (Å²) in [6.45, 7) is 2.08. The Balaban J connectivity index is 2.65. The largest absolute Gasteiger partial charge is 0.508 e. The smallest absolute Gasteiger partial charge is 0.121 e. The van der Waals surface area contributed by atoms with E-state index in [1.807, 2.05) is 6.07 Å². The van der Waals surface area contributed by atoms with Crippen LogP contribution in [0, 0.1) is 0 Å². The molecule has 2 N–H and O–H groups in total. The van der Waals surface area contributed by atoms with Crippen molar-refractivity contribution >= 4 is 0 Å². The molecule has 0 aromatic heterocycles. The lowest BCUT2D eigenvalue weighted by Crippen LogP contribution is -1.97. The van der Waals surface area contributed by atoms with Crippen molar-refractivity contribution in [1.82, 2.24) is 0 Å². The van der Waals surface area contributed by atoms with Crippen molar-refractivity contribution in [1.29, 1.82) is 0 Å². The maximum absolute atomic E-state index is 9.67. The Morgan fingerprint density at radius 2 is 2.00 bits per heavy atom. The van der Waals surface area contributed by atoms with Gasteiger partial charge in [-0.3, -0.25) is 0 Å². The van der Waals surface area contributed by atoms with Crippen LogP contribution in [-0.4, -0.2) is 10.2 Å². The van der Waals surface area contributed by atoms with Crippen LogP contribution in [-0.2, 0) is 0 Å². The Hall–Kier alpha value is -1.02. The molecule has 0 spiro atoms. The third-order valence-electron chi connectivity index (χ3n) is 2.13. The zero-order valence-corrected chi connectivity index (χ0v) is 7.90. The van der Waals surface area contributed by atoms with Crippen molar-refractivity contribution in [3.05, 3.63) is 29.8 Å². The highest BCUT2D eigenvalue weighted by atomic mass is 16.3. The van der Waals surface area contributed by atoms with Crippen LogP contribution in [0.3, 0.4) is 0 Å². The van der Waals surface area contributed by atoms with Crippen LogP contribution in [0.25, 0.3) is 0 Å². The predicted octanol–water partition coefficient (Wildman–Crippen LogP) is 2.62. The summed E-state index contributed by atoms with van der Waals surface area (Å²) in [4.78, 5) is 0. The Morgan fingerprint density at radius 1 is 1.31 bits per heavy atom. The van der Waals surface area contributed by atoms with Gasteiger partial charge in [-0.2, -0.15) is 0 Å². The predicted molar refractivity (Wildman–Crippen MR) is 52.6 cm³/mol. The molecular weight excluding hydrogens is 164 g/mol.